The van der Waals surface area contributed by atoms with E-state index in [4.69, 9.17) is 5.73 Å². The van der Waals surface area contributed by atoms with Crippen LogP contribution < -0.4 is 10.5 Å². The molecule has 23 heavy (non-hydrogen) atoms. The monoisotopic (exact) mass is 372 g/mol. The molecule has 9 heteroatoms. The molecule has 0 heterocycles. The quantitative estimate of drug-likeness (QED) is 0.799. The molecule has 0 aliphatic carbocycles. The van der Waals surface area contributed by atoms with Crippen LogP contribution in [0.3, 0.4) is 0 Å². The Morgan fingerprint density at radius 3 is 2.65 bits per heavy atom. The lowest BCUT2D eigenvalue weighted by molar-refractivity contribution is -0.274. The zero-order valence-corrected chi connectivity index (χ0v) is 14.4. The maximum atomic E-state index is 12.2. The van der Waals surface area contributed by atoms with Gasteiger partial charge < -0.3 is 15.4 Å². The highest BCUT2D eigenvalue weighted by atomic mass is 35.5. The fourth-order valence-corrected chi connectivity index (χ4v) is 2.33. The van der Waals surface area contributed by atoms with Gasteiger partial charge in [0.25, 0.3) is 0 Å². The Hall–Kier alpha value is -1.12. The average molecular weight is 373 g/mol. The summed E-state index contributed by atoms with van der Waals surface area (Å²) in [7, 11) is 1.57. The molecule has 1 aromatic carbocycles. The average Bonchev–Trinajstić information content (AvgIpc) is 2.42. The van der Waals surface area contributed by atoms with Crippen molar-refractivity contribution in [3.05, 3.63) is 29.8 Å². The van der Waals surface area contributed by atoms with Crippen LogP contribution in [0.5, 0.6) is 5.75 Å². The first-order valence-electron chi connectivity index (χ1n) is 6.57. The number of carbonyl (C=O) groups excluding carboxylic acids is 1. The van der Waals surface area contributed by atoms with Crippen molar-refractivity contribution < 1.29 is 22.7 Å². The number of halogens is 4. The van der Waals surface area contributed by atoms with Gasteiger partial charge >= 0.3 is 6.36 Å². The maximum Gasteiger partial charge on any atom is 0.573 e. The predicted octanol–water partition coefficient (Wildman–Crippen LogP) is 3.05. The van der Waals surface area contributed by atoms with E-state index in [1.807, 2.05) is 6.26 Å². The number of rotatable bonds is 7. The Labute approximate surface area is 143 Å². The van der Waals surface area contributed by atoms with E-state index in [1.165, 1.54) is 23.1 Å². The van der Waals surface area contributed by atoms with Gasteiger partial charge in [-0.15, -0.1) is 25.6 Å². The van der Waals surface area contributed by atoms with Gasteiger partial charge in [0.2, 0.25) is 5.91 Å². The van der Waals surface area contributed by atoms with Gasteiger partial charge in [0.05, 0.1) is 6.04 Å². The minimum Gasteiger partial charge on any atom is -0.406 e. The normalized spacial score (nSPS) is 12.3. The third-order valence-corrected chi connectivity index (χ3v) is 3.52. The van der Waals surface area contributed by atoms with E-state index in [-0.39, 0.29) is 30.6 Å². The van der Waals surface area contributed by atoms with Crippen molar-refractivity contribution in [2.45, 2.75) is 25.4 Å². The Morgan fingerprint density at radius 1 is 1.43 bits per heavy atom. The zero-order chi connectivity index (χ0) is 16.8. The van der Waals surface area contributed by atoms with Crippen LogP contribution in [0.4, 0.5) is 13.2 Å². The summed E-state index contributed by atoms with van der Waals surface area (Å²) in [5, 5.41) is 0. The van der Waals surface area contributed by atoms with Crippen molar-refractivity contribution in [3.8, 4) is 5.75 Å². The number of likely N-dealkylation sites (N-methyl/N-ethyl adjacent to an activating group) is 1. The molecular formula is C14H20ClF3N2O2S. The highest BCUT2D eigenvalue weighted by Gasteiger charge is 2.31. The Morgan fingerprint density at radius 2 is 2.09 bits per heavy atom. The van der Waals surface area contributed by atoms with Gasteiger partial charge in [0.15, 0.2) is 0 Å². The number of ether oxygens (including phenoxy) is 1. The highest BCUT2D eigenvalue weighted by Crippen LogP contribution is 2.23. The topological polar surface area (TPSA) is 55.6 Å². The van der Waals surface area contributed by atoms with Gasteiger partial charge in [-0.1, -0.05) is 12.1 Å². The number of nitrogens with zero attached hydrogens (tertiary/aromatic N) is 1. The molecule has 132 valence electrons. The molecule has 0 aromatic heterocycles. The molecular weight excluding hydrogens is 353 g/mol. The second-order valence-electron chi connectivity index (χ2n) is 4.78. The van der Waals surface area contributed by atoms with Crippen LogP contribution in [0.15, 0.2) is 24.3 Å². The SMILES string of the molecule is CSCC[C@H](N)C(=O)N(C)Cc1cccc(OC(F)(F)F)c1.Cl. The molecule has 0 saturated carbocycles. The van der Waals surface area contributed by atoms with E-state index in [2.05, 4.69) is 4.74 Å². The molecule has 0 spiro atoms. The summed E-state index contributed by atoms with van der Waals surface area (Å²) in [4.78, 5) is 13.4. The molecule has 0 saturated heterocycles. The summed E-state index contributed by atoms with van der Waals surface area (Å²) >= 11 is 1.60. The van der Waals surface area contributed by atoms with Crippen molar-refractivity contribution in [2.75, 3.05) is 19.1 Å². The maximum absolute atomic E-state index is 12.2. The van der Waals surface area contributed by atoms with Crippen LogP contribution in [0.25, 0.3) is 0 Å². The third kappa shape index (κ3) is 8.34. The van der Waals surface area contributed by atoms with Gasteiger partial charge in [-0.25, -0.2) is 0 Å². The lowest BCUT2D eigenvalue weighted by Gasteiger charge is -2.21. The summed E-state index contributed by atoms with van der Waals surface area (Å²) in [6.07, 6.45) is -2.25. The van der Waals surface area contributed by atoms with Gasteiger partial charge in [0.1, 0.15) is 5.75 Å². The molecule has 4 nitrogen and oxygen atoms in total. The Kier molecular flexibility index (Phi) is 9.41. The van der Waals surface area contributed by atoms with Crippen molar-refractivity contribution in [2.24, 2.45) is 5.73 Å². The summed E-state index contributed by atoms with van der Waals surface area (Å²) in [5.41, 5.74) is 6.33. The van der Waals surface area contributed by atoms with Crippen LogP contribution in [-0.4, -0.2) is 42.3 Å². The third-order valence-electron chi connectivity index (χ3n) is 2.88. The number of hydrogen-bond donors (Lipinski definition) is 1. The van der Waals surface area contributed by atoms with Gasteiger partial charge in [-0.3, -0.25) is 4.79 Å². The number of nitrogens with two attached hydrogens (primary N) is 1. The highest BCUT2D eigenvalue weighted by molar-refractivity contribution is 7.98. The molecule has 1 aromatic rings. The first-order chi connectivity index (χ1) is 10.2. The lowest BCUT2D eigenvalue weighted by Crippen LogP contribution is -2.41. The Balaban J connectivity index is 0.00000484. The lowest BCUT2D eigenvalue weighted by atomic mass is 10.1. The van der Waals surface area contributed by atoms with Crippen molar-refractivity contribution in [3.63, 3.8) is 0 Å². The van der Waals surface area contributed by atoms with Crippen LogP contribution in [-0.2, 0) is 11.3 Å². The molecule has 2 N–H and O–H groups in total. The van der Waals surface area contributed by atoms with Crippen LogP contribution >= 0.6 is 24.2 Å². The predicted molar refractivity (Wildman–Crippen MR) is 87.8 cm³/mol. The second-order valence-corrected chi connectivity index (χ2v) is 5.76. The fraction of sp³-hybridized carbons (Fsp3) is 0.500. The van der Waals surface area contributed by atoms with E-state index in [0.29, 0.717) is 12.0 Å². The largest absolute Gasteiger partial charge is 0.573 e. The van der Waals surface area contributed by atoms with E-state index < -0.39 is 12.4 Å². The smallest absolute Gasteiger partial charge is 0.406 e. The molecule has 0 bridgehead atoms. The van der Waals surface area contributed by atoms with E-state index in [9.17, 15) is 18.0 Å². The minimum absolute atomic E-state index is 0. The molecule has 0 aliphatic rings. The fourth-order valence-electron chi connectivity index (χ4n) is 1.84. The van der Waals surface area contributed by atoms with Crippen LogP contribution in [0.2, 0.25) is 0 Å². The van der Waals surface area contributed by atoms with Gasteiger partial charge in [-0.05, 0) is 36.1 Å². The minimum atomic E-state index is -4.74. The molecule has 0 radical (unpaired) electrons. The summed E-state index contributed by atoms with van der Waals surface area (Å²) < 4.78 is 40.4. The van der Waals surface area contributed by atoms with Crippen LogP contribution in [0.1, 0.15) is 12.0 Å². The number of hydrogen-bond acceptors (Lipinski definition) is 4. The molecule has 1 amide bonds. The second kappa shape index (κ2) is 9.89. The molecule has 0 fully saturated rings. The summed E-state index contributed by atoms with van der Waals surface area (Å²) in [6.45, 7) is 0.168. The summed E-state index contributed by atoms with van der Waals surface area (Å²) in [5.74, 6) is 0.226. The number of amides is 1. The van der Waals surface area contributed by atoms with Gasteiger partial charge in [-0.2, -0.15) is 11.8 Å². The first-order valence-corrected chi connectivity index (χ1v) is 7.96. The standard InChI is InChI=1S/C14H19F3N2O2S.ClH/c1-19(13(20)12(18)6-7-22-2)9-10-4-3-5-11(8-10)21-14(15,16)17;/h3-5,8,12H,6-7,9,18H2,1-2H3;1H/t12-;/m0./s1. The van der Waals surface area contributed by atoms with Crippen molar-refractivity contribution in [1.82, 2.24) is 4.90 Å². The van der Waals surface area contributed by atoms with Crippen molar-refractivity contribution in [1.29, 1.82) is 0 Å². The molecule has 0 aliphatic heterocycles. The van der Waals surface area contributed by atoms with Crippen LogP contribution in [0, 0.1) is 0 Å². The molecule has 1 rings (SSSR count). The molecule has 0 unspecified atom stereocenters. The van der Waals surface area contributed by atoms with E-state index >= 15 is 0 Å². The zero-order valence-electron chi connectivity index (χ0n) is 12.8. The van der Waals surface area contributed by atoms with E-state index in [0.717, 1.165) is 5.75 Å². The number of benzene rings is 1. The molecule has 1 atom stereocenters. The first kappa shape index (κ1) is 21.9. The van der Waals surface area contributed by atoms with E-state index in [1.54, 1.807) is 24.9 Å². The number of carbonyl (C=O) groups is 1. The summed E-state index contributed by atoms with van der Waals surface area (Å²) in [6, 6.07) is 4.93. The Bertz CT molecular complexity index is 503. The van der Waals surface area contributed by atoms with Crippen molar-refractivity contribution >= 4 is 30.1 Å². The number of alkyl halides is 3. The number of thioether (sulfide) groups is 1. The van der Waals surface area contributed by atoms with Gasteiger partial charge in [0, 0.05) is 13.6 Å².